The predicted molar refractivity (Wildman–Crippen MR) is 103 cm³/mol. The maximum absolute atomic E-state index is 12.8. The van der Waals surface area contributed by atoms with Gasteiger partial charge in [-0.25, -0.2) is 14.3 Å². The Morgan fingerprint density at radius 1 is 1.19 bits per heavy atom. The average molecular weight is 397 g/mol. The van der Waals surface area contributed by atoms with Crippen LogP contribution in [0.1, 0.15) is 12.8 Å². The van der Waals surface area contributed by atoms with Gasteiger partial charge >= 0.3 is 5.69 Å². The molecule has 2 aliphatic rings. The van der Waals surface area contributed by atoms with Crippen LogP contribution in [0.25, 0.3) is 11.2 Å². The van der Waals surface area contributed by atoms with Gasteiger partial charge < -0.3 is 14.8 Å². The van der Waals surface area contributed by atoms with E-state index in [2.05, 4.69) is 10.3 Å². The van der Waals surface area contributed by atoms with E-state index in [1.807, 2.05) is 0 Å². The highest BCUT2D eigenvalue weighted by Gasteiger charge is 2.31. The monoisotopic (exact) mass is 396 g/mol. The van der Waals surface area contributed by atoms with Crippen LogP contribution in [-0.2, 0) is 25.4 Å². The van der Waals surface area contributed by atoms with Crippen molar-refractivity contribution < 1.29 is 4.79 Å². The molecule has 4 heterocycles. The molecule has 2 aromatic rings. The van der Waals surface area contributed by atoms with Crippen molar-refractivity contribution in [1.82, 2.24) is 28.9 Å². The summed E-state index contributed by atoms with van der Waals surface area (Å²) in [5.41, 5.74) is -0.310. The van der Waals surface area contributed by atoms with Crippen molar-refractivity contribution in [2.75, 3.05) is 26.2 Å². The SMILES string of the molecule is Cl.Cn1cnc2c1c(=O)n(CC(=O)N1CC[C@@H]3CNC[C@@H]3CC1)c(=O)n2C. The van der Waals surface area contributed by atoms with Gasteiger partial charge in [-0.15, -0.1) is 12.4 Å². The predicted octanol–water partition coefficient (Wildman–Crippen LogP) is -0.686. The number of aryl methyl sites for hydroxylation is 2. The second-order valence-corrected chi connectivity index (χ2v) is 7.40. The third-order valence-electron chi connectivity index (χ3n) is 5.87. The van der Waals surface area contributed by atoms with Crippen molar-refractivity contribution >= 4 is 29.5 Å². The zero-order valence-corrected chi connectivity index (χ0v) is 16.4. The lowest BCUT2D eigenvalue weighted by Gasteiger charge is -2.21. The van der Waals surface area contributed by atoms with Crippen molar-refractivity contribution in [3.05, 3.63) is 27.2 Å². The van der Waals surface area contributed by atoms with Crippen LogP contribution in [-0.4, -0.2) is 55.7 Å². The fourth-order valence-corrected chi connectivity index (χ4v) is 4.24. The number of fused-ring (bicyclic) bond motifs is 2. The highest BCUT2D eigenvalue weighted by atomic mass is 35.5. The number of aromatic nitrogens is 4. The van der Waals surface area contributed by atoms with Crippen molar-refractivity contribution in [3.63, 3.8) is 0 Å². The number of carbonyl (C=O) groups is 1. The minimum Gasteiger partial charge on any atom is -0.341 e. The molecule has 0 saturated carbocycles. The number of imidazole rings is 1. The topological polar surface area (TPSA) is 94.2 Å². The molecular formula is C17H25ClN6O3. The second-order valence-electron chi connectivity index (χ2n) is 7.40. The van der Waals surface area contributed by atoms with Crippen LogP contribution in [0.3, 0.4) is 0 Å². The van der Waals surface area contributed by atoms with Crippen LogP contribution in [0.5, 0.6) is 0 Å². The van der Waals surface area contributed by atoms with Gasteiger partial charge in [-0.1, -0.05) is 0 Å². The molecule has 2 aliphatic heterocycles. The molecule has 1 N–H and O–H groups in total. The smallest absolute Gasteiger partial charge is 0.332 e. The van der Waals surface area contributed by atoms with Crippen LogP contribution in [0.4, 0.5) is 0 Å². The van der Waals surface area contributed by atoms with Crippen LogP contribution in [0.15, 0.2) is 15.9 Å². The summed E-state index contributed by atoms with van der Waals surface area (Å²) in [4.78, 5) is 44.0. The van der Waals surface area contributed by atoms with E-state index in [0.717, 1.165) is 30.5 Å². The summed E-state index contributed by atoms with van der Waals surface area (Å²) in [7, 11) is 3.27. The molecule has 0 radical (unpaired) electrons. The Morgan fingerprint density at radius 3 is 2.44 bits per heavy atom. The molecule has 1 amide bonds. The average Bonchev–Trinajstić information content (AvgIpc) is 3.18. The molecule has 4 rings (SSSR count). The summed E-state index contributed by atoms with van der Waals surface area (Å²) in [5.74, 6) is 1.07. The Hall–Kier alpha value is -2.13. The van der Waals surface area contributed by atoms with Gasteiger partial charge in [-0.2, -0.15) is 0 Å². The summed E-state index contributed by atoms with van der Waals surface area (Å²) in [6.07, 6.45) is 3.44. The molecule has 2 aromatic heterocycles. The zero-order chi connectivity index (χ0) is 18.4. The van der Waals surface area contributed by atoms with Crippen molar-refractivity contribution in [1.29, 1.82) is 0 Å². The van der Waals surface area contributed by atoms with E-state index in [1.54, 1.807) is 23.6 Å². The standard InChI is InChI=1S/C17H24N6O3.ClH/c1-20-10-19-15-14(20)16(25)23(17(26)21(15)2)9-13(24)22-5-3-11-7-18-8-12(11)4-6-22;/h10-12,18H,3-9H2,1-2H3;1H/t11-,12+;. The Bertz CT molecular complexity index is 963. The molecule has 148 valence electrons. The fourth-order valence-electron chi connectivity index (χ4n) is 4.24. The van der Waals surface area contributed by atoms with Gasteiger partial charge in [0.1, 0.15) is 6.54 Å². The van der Waals surface area contributed by atoms with Gasteiger partial charge in [0.05, 0.1) is 6.33 Å². The first-order valence-corrected chi connectivity index (χ1v) is 9.06. The molecule has 0 aromatic carbocycles. The molecule has 2 saturated heterocycles. The number of hydrogen-bond donors (Lipinski definition) is 1. The molecule has 0 bridgehead atoms. The van der Waals surface area contributed by atoms with Gasteiger partial charge in [-0.3, -0.25) is 14.2 Å². The van der Waals surface area contributed by atoms with Crippen LogP contribution in [0, 0.1) is 11.8 Å². The Balaban J connectivity index is 0.00000210. The van der Waals surface area contributed by atoms with Gasteiger partial charge in [0.2, 0.25) is 5.91 Å². The largest absolute Gasteiger partial charge is 0.341 e. The minimum absolute atomic E-state index is 0. The van der Waals surface area contributed by atoms with E-state index in [-0.39, 0.29) is 24.9 Å². The first-order valence-electron chi connectivity index (χ1n) is 9.06. The number of nitrogens with one attached hydrogen (secondary N) is 1. The van der Waals surface area contributed by atoms with Crippen LogP contribution < -0.4 is 16.6 Å². The van der Waals surface area contributed by atoms with E-state index in [9.17, 15) is 14.4 Å². The highest BCUT2D eigenvalue weighted by molar-refractivity contribution is 5.85. The lowest BCUT2D eigenvalue weighted by Crippen LogP contribution is -2.45. The molecule has 0 spiro atoms. The molecule has 2 fully saturated rings. The Morgan fingerprint density at radius 2 is 1.81 bits per heavy atom. The quantitative estimate of drug-likeness (QED) is 0.725. The van der Waals surface area contributed by atoms with Gasteiger partial charge in [0.25, 0.3) is 5.56 Å². The van der Waals surface area contributed by atoms with E-state index < -0.39 is 11.2 Å². The van der Waals surface area contributed by atoms with E-state index in [0.29, 0.717) is 36.1 Å². The molecular weight excluding hydrogens is 372 g/mol. The van der Waals surface area contributed by atoms with Crippen molar-refractivity contribution in [3.8, 4) is 0 Å². The van der Waals surface area contributed by atoms with Crippen molar-refractivity contribution in [2.24, 2.45) is 25.9 Å². The number of hydrogen-bond acceptors (Lipinski definition) is 5. The van der Waals surface area contributed by atoms with Crippen LogP contribution >= 0.6 is 12.4 Å². The van der Waals surface area contributed by atoms with Gasteiger partial charge in [0.15, 0.2) is 11.2 Å². The van der Waals surface area contributed by atoms with E-state index >= 15 is 0 Å². The summed E-state index contributed by atoms with van der Waals surface area (Å²) in [5, 5.41) is 3.42. The number of likely N-dealkylation sites (tertiary alicyclic amines) is 1. The third kappa shape index (κ3) is 3.29. The molecule has 27 heavy (non-hydrogen) atoms. The molecule has 10 heteroatoms. The number of nitrogens with zero attached hydrogens (tertiary/aromatic N) is 5. The Kier molecular flexibility index (Phi) is 5.43. The highest BCUT2D eigenvalue weighted by Crippen LogP contribution is 2.27. The molecule has 0 unspecified atom stereocenters. The van der Waals surface area contributed by atoms with Gasteiger partial charge in [0, 0.05) is 27.2 Å². The zero-order valence-electron chi connectivity index (χ0n) is 15.6. The number of amides is 1. The summed E-state index contributed by atoms with van der Waals surface area (Å²) >= 11 is 0. The van der Waals surface area contributed by atoms with E-state index in [4.69, 9.17) is 0 Å². The number of rotatable bonds is 2. The second kappa shape index (κ2) is 7.47. The lowest BCUT2D eigenvalue weighted by molar-refractivity contribution is -0.132. The summed E-state index contributed by atoms with van der Waals surface area (Å²) in [6.45, 7) is 3.18. The molecule has 0 aliphatic carbocycles. The first-order chi connectivity index (χ1) is 12.5. The minimum atomic E-state index is -0.509. The maximum atomic E-state index is 12.8. The fraction of sp³-hybridized carbons (Fsp3) is 0.647. The summed E-state index contributed by atoms with van der Waals surface area (Å²) < 4.78 is 3.93. The van der Waals surface area contributed by atoms with E-state index in [1.165, 1.54) is 10.9 Å². The normalized spacial score (nSPS) is 22.4. The van der Waals surface area contributed by atoms with Crippen LogP contribution in [0.2, 0.25) is 0 Å². The van der Waals surface area contributed by atoms with Gasteiger partial charge in [-0.05, 0) is 37.8 Å². The number of halogens is 1. The first kappa shape index (κ1) is 19.6. The van der Waals surface area contributed by atoms with Crippen molar-refractivity contribution in [2.45, 2.75) is 19.4 Å². The molecule has 2 atom stereocenters. The lowest BCUT2D eigenvalue weighted by atomic mass is 9.92. The maximum Gasteiger partial charge on any atom is 0.332 e. The summed E-state index contributed by atoms with van der Waals surface area (Å²) in [6, 6.07) is 0. The number of carbonyl (C=O) groups excluding carboxylic acids is 1. The third-order valence-corrected chi connectivity index (χ3v) is 5.87. The molecule has 9 nitrogen and oxygen atoms in total. The Labute approximate surface area is 162 Å².